The molecule has 2 heterocycles. The highest BCUT2D eigenvalue weighted by Gasteiger charge is 2.17. The number of benzene rings is 1. The van der Waals surface area contributed by atoms with Crippen LogP contribution in [0, 0.1) is 10.1 Å². The van der Waals surface area contributed by atoms with Gasteiger partial charge in [-0.1, -0.05) is 0 Å². The van der Waals surface area contributed by atoms with Crippen LogP contribution in [-0.2, 0) is 11.3 Å². The van der Waals surface area contributed by atoms with Gasteiger partial charge < -0.3 is 15.2 Å². The number of nitrogens with zero attached hydrogens (tertiary/aromatic N) is 4. The average Bonchev–Trinajstić information content (AvgIpc) is 3.15. The molecule has 0 aliphatic rings. The predicted octanol–water partition coefficient (Wildman–Crippen LogP) is 2.71. The maximum absolute atomic E-state index is 12.6. The molecular formula is C18H15N5O6. The van der Waals surface area contributed by atoms with E-state index >= 15 is 0 Å². The number of non-ortho nitro benzene ring substituents is 1. The number of nitrogens with one attached hydrogen (secondary N) is 1. The summed E-state index contributed by atoms with van der Waals surface area (Å²) in [6, 6.07) is 8.53. The van der Waals surface area contributed by atoms with Crippen molar-refractivity contribution in [3.63, 3.8) is 0 Å². The van der Waals surface area contributed by atoms with Crippen molar-refractivity contribution in [3.05, 3.63) is 70.8 Å². The monoisotopic (exact) mass is 397 g/mol. The Morgan fingerprint density at radius 1 is 1.21 bits per heavy atom. The van der Waals surface area contributed by atoms with E-state index in [1.165, 1.54) is 41.3 Å². The molecule has 11 heteroatoms. The number of carboxylic acid groups (broad SMARTS) is 1. The van der Waals surface area contributed by atoms with Gasteiger partial charge in [-0.25, -0.2) is 0 Å². The van der Waals surface area contributed by atoms with E-state index in [4.69, 9.17) is 9.84 Å². The number of carbonyl (C=O) groups is 2. The number of carboxylic acids is 1. The van der Waals surface area contributed by atoms with Crippen molar-refractivity contribution < 1.29 is 24.4 Å². The topological polar surface area (TPSA) is 149 Å². The number of ether oxygens (including phenoxy) is 1. The van der Waals surface area contributed by atoms with Crippen LogP contribution in [0.1, 0.15) is 16.9 Å². The van der Waals surface area contributed by atoms with E-state index in [9.17, 15) is 19.7 Å². The zero-order valence-corrected chi connectivity index (χ0v) is 14.9. The molecule has 148 valence electrons. The molecule has 0 atom stereocenters. The molecule has 0 radical (unpaired) electrons. The number of anilines is 1. The van der Waals surface area contributed by atoms with Gasteiger partial charge in [-0.15, -0.1) is 0 Å². The first-order valence-corrected chi connectivity index (χ1v) is 8.34. The summed E-state index contributed by atoms with van der Waals surface area (Å²) in [5.74, 6) is -1.11. The van der Waals surface area contributed by atoms with E-state index in [-0.39, 0.29) is 35.8 Å². The van der Waals surface area contributed by atoms with Crippen molar-refractivity contribution >= 4 is 23.3 Å². The highest BCUT2D eigenvalue weighted by Crippen LogP contribution is 2.29. The minimum atomic E-state index is -1.03. The maximum atomic E-state index is 12.6. The standard InChI is InChI=1S/C18H15N5O6/c24-17(25)4-7-22-16(3-6-20-22)18(26)21-12-8-13(23(27)28)10-15(9-12)29-14-2-1-5-19-11-14/h1-3,5-6,8-11H,4,7H2,(H,21,26)(H,24,25). The van der Waals surface area contributed by atoms with Gasteiger partial charge in [0.15, 0.2) is 0 Å². The van der Waals surface area contributed by atoms with Crippen molar-refractivity contribution in [3.8, 4) is 11.5 Å². The van der Waals surface area contributed by atoms with Crippen LogP contribution in [0.15, 0.2) is 55.0 Å². The van der Waals surface area contributed by atoms with Gasteiger partial charge in [0.05, 0.1) is 35.8 Å². The van der Waals surface area contributed by atoms with E-state index in [0.29, 0.717) is 5.75 Å². The van der Waals surface area contributed by atoms with Crippen LogP contribution in [0.3, 0.4) is 0 Å². The summed E-state index contributed by atoms with van der Waals surface area (Å²) < 4.78 is 6.81. The van der Waals surface area contributed by atoms with E-state index in [2.05, 4.69) is 15.4 Å². The molecule has 1 aromatic carbocycles. The number of nitro benzene ring substituents is 1. The molecule has 3 aromatic rings. The Morgan fingerprint density at radius 3 is 2.72 bits per heavy atom. The second-order valence-corrected chi connectivity index (χ2v) is 5.80. The van der Waals surface area contributed by atoms with Crippen LogP contribution in [-0.4, -0.2) is 36.7 Å². The van der Waals surface area contributed by atoms with E-state index in [1.54, 1.807) is 18.3 Å². The fraction of sp³-hybridized carbons (Fsp3) is 0.111. The van der Waals surface area contributed by atoms with Crippen LogP contribution < -0.4 is 10.1 Å². The Morgan fingerprint density at radius 2 is 2.03 bits per heavy atom. The maximum Gasteiger partial charge on any atom is 0.305 e. The summed E-state index contributed by atoms with van der Waals surface area (Å²) >= 11 is 0. The molecular weight excluding hydrogens is 382 g/mol. The number of hydrogen-bond donors (Lipinski definition) is 2. The number of rotatable bonds is 8. The molecule has 0 saturated carbocycles. The van der Waals surface area contributed by atoms with Gasteiger partial charge in [0, 0.05) is 24.5 Å². The van der Waals surface area contributed by atoms with Crippen molar-refractivity contribution in [2.24, 2.45) is 0 Å². The lowest BCUT2D eigenvalue weighted by molar-refractivity contribution is -0.384. The lowest BCUT2D eigenvalue weighted by atomic mass is 10.2. The lowest BCUT2D eigenvalue weighted by Gasteiger charge is -2.10. The molecule has 0 bridgehead atoms. The minimum Gasteiger partial charge on any atom is -0.481 e. The Labute approximate surface area is 163 Å². The summed E-state index contributed by atoms with van der Waals surface area (Å²) in [6.07, 6.45) is 4.15. The molecule has 0 spiro atoms. The van der Waals surface area contributed by atoms with Gasteiger partial charge in [0.25, 0.3) is 11.6 Å². The van der Waals surface area contributed by atoms with Crippen molar-refractivity contribution in [2.75, 3.05) is 5.32 Å². The molecule has 0 unspecified atom stereocenters. The van der Waals surface area contributed by atoms with E-state index < -0.39 is 16.8 Å². The number of pyridine rings is 1. The third-order valence-corrected chi connectivity index (χ3v) is 3.72. The Kier molecular flexibility index (Phi) is 5.78. The number of aliphatic carboxylic acids is 1. The number of amides is 1. The summed E-state index contributed by atoms with van der Waals surface area (Å²) in [4.78, 5) is 37.8. The molecule has 3 rings (SSSR count). The minimum absolute atomic E-state index is 0.00932. The molecule has 1 amide bonds. The van der Waals surface area contributed by atoms with Crippen molar-refractivity contribution in [2.45, 2.75) is 13.0 Å². The van der Waals surface area contributed by atoms with Crippen LogP contribution >= 0.6 is 0 Å². The van der Waals surface area contributed by atoms with E-state index in [0.717, 1.165) is 0 Å². The third-order valence-electron chi connectivity index (χ3n) is 3.72. The van der Waals surface area contributed by atoms with Gasteiger partial charge in [-0.3, -0.25) is 29.4 Å². The number of hydrogen-bond acceptors (Lipinski definition) is 7. The van der Waals surface area contributed by atoms with Gasteiger partial charge in [0.2, 0.25) is 0 Å². The normalized spacial score (nSPS) is 10.3. The number of carbonyl (C=O) groups excluding carboxylic acids is 1. The first-order chi connectivity index (χ1) is 13.9. The van der Waals surface area contributed by atoms with Gasteiger partial charge >= 0.3 is 5.97 Å². The largest absolute Gasteiger partial charge is 0.481 e. The zero-order valence-electron chi connectivity index (χ0n) is 14.9. The quantitative estimate of drug-likeness (QED) is 0.435. The highest BCUT2D eigenvalue weighted by atomic mass is 16.6. The van der Waals surface area contributed by atoms with Crippen LogP contribution in [0.25, 0.3) is 0 Å². The number of aryl methyl sites for hydroxylation is 1. The lowest BCUT2D eigenvalue weighted by Crippen LogP contribution is -2.19. The van der Waals surface area contributed by atoms with Crippen LogP contribution in [0.4, 0.5) is 11.4 Å². The Balaban J connectivity index is 1.83. The summed E-state index contributed by atoms with van der Waals surface area (Å²) in [6.45, 7) is 0.00932. The predicted molar refractivity (Wildman–Crippen MR) is 99.8 cm³/mol. The fourth-order valence-electron chi connectivity index (χ4n) is 2.46. The van der Waals surface area contributed by atoms with Gasteiger partial charge in [0.1, 0.15) is 17.2 Å². The molecule has 0 fully saturated rings. The smallest absolute Gasteiger partial charge is 0.305 e. The molecule has 2 aromatic heterocycles. The second-order valence-electron chi connectivity index (χ2n) is 5.80. The zero-order chi connectivity index (χ0) is 20.8. The second kappa shape index (κ2) is 8.61. The molecule has 11 nitrogen and oxygen atoms in total. The van der Waals surface area contributed by atoms with E-state index in [1.807, 2.05) is 0 Å². The average molecular weight is 397 g/mol. The van der Waals surface area contributed by atoms with Gasteiger partial charge in [-0.2, -0.15) is 5.10 Å². The molecule has 0 saturated heterocycles. The fourth-order valence-corrected chi connectivity index (χ4v) is 2.46. The summed E-state index contributed by atoms with van der Waals surface area (Å²) in [7, 11) is 0. The number of aromatic nitrogens is 3. The highest BCUT2D eigenvalue weighted by molar-refractivity contribution is 6.03. The Hall–Kier alpha value is -4.28. The molecule has 29 heavy (non-hydrogen) atoms. The Bertz CT molecular complexity index is 1050. The summed E-state index contributed by atoms with van der Waals surface area (Å²) in [5.41, 5.74) is -0.0253. The molecule has 0 aliphatic carbocycles. The van der Waals surface area contributed by atoms with Crippen LogP contribution in [0.2, 0.25) is 0 Å². The first-order valence-electron chi connectivity index (χ1n) is 8.34. The van der Waals surface area contributed by atoms with Crippen LogP contribution in [0.5, 0.6) is 11.5 Å². The third kappa shape index (κ3) is 5.13. The van der Waals surface area contributed by atoms with Crippen molar-refractivity contribution in [1.82, 2.24) is 14.8 Å². The molecule has 0 aliphatic heterocycles. The SMILES string of the molecule is O=C(O)CCn1nccc1C(=O)Nc1cc(Oc2cccnc2)cc([N+](=O)[O-])c1. The first kappa shape index (κ1) is 19.5. The molecule has 2 N–H and O–H groups in total. The number of nitro groups is 1. The van der Waals surface area contributed by atoms with Gasteiger partial charge in [-0.05, 0) is 18.2 Å². The van der Waals surface area contributed by atoms with Crippen molar-refractivity contribution in [1.29, 1.82) is 0 Å². The summed E-state index contributed by atoms with van der Waals surface area (Å²) in [5, 5.41) is 26.5.